The van der Waals surface area contributed by atoms with Gasteiger partial charge in [0, 0.05) is 5.56 Å². The number of anilines is 2. The predicted molar refractivity (Wildman–Crippen MR) is 85.5 cm³/mol. The van der Waals surface area contributed by atoms with Crippen LogP contribution in [0, 0.1) is 0 Å². The van der Waals surface area contributed by atoms with Crippen molar-refractivity contribution in [2.24, 2.45) is 4.99 Å². The van der Waals surface area contributed by atoms with E-state index >= 15 is 0 Å². The minimum Gasteiger partial charge on any atom is -0.377 e. The molecule has 23 heavy (non-hydrogen) atoms. The predicted octanol–water partition coefficient (Wildman–Crippen LogP) is 1.21. The smallest absolute Gasteiger partial charge is 0.343 e. The molecule has 0 unspecified atom stereocenters. The molecule has 2 aliphatic heterocycles. The maximum Gasteiger partial charge on any atom is 0.343 e. The van der Waals surface area contributed by atoms with Gasteiger partial charge in [0.25, 0.3) is 0 Å². The topological polar surface area (TPSA) is 83.8 Å². The SMILES string of the molecule is O=C(NC1COC1)N(c1ccccc1)n1ncc2c1NC=NC2. The van der Waals surface area contributed by atoms with E-state index in [0.717, 1.165) is 17.1 Å². The van der Waals surface area contributed by atoms with Crippen molar-refractivity contribution in [1.82, 2.24) is 15.2 Å². The number of para-hydroxylation sites is 1. The molecule has 118 valence electrons. The zero-order valence-electron chi connectivity index (χ0n) is 12.3. The van der Waals surface area contributed by atoms with E-state index in [1.807, 2.05) is 30.3 Å². The van der Waals surface area contributed by atoms with Crippen molar-refractivity contribution in [2.45, 2.75) is 12.6 Å². The second-order valence-corrected chi connectivity index (χ2v) is 5.35. The van der Waals surface area contributed by atoms with Gasteiger partial charge in [0.15, 0.2) is 5.82 Å². The van der Waals surface area contributed by atoms with Gasteiger partial charge in [-0.15, -0.1) is 4.79 Å². The largest absolute Gasteiger partial charge is 0.377 e. The van der Waals surface area contributed by atoms with E-state index in [2.05, 4.69) is 20.7 Å². The number of hydrogen-bond donors (Lipinski definition) is 2. The standard InChI is InChI=1S/C15H16N6O2/c22-15(19-12-8-23-9-12)20(13-4-2-1-3-5-13)21-14-11(7-18-21)6-16-10-17-14/h1-5,7,10,12H,6,8-9H2,(H,16,17)(H,19,22). The maximum atomic E-state index is 12.8. The molecule has 4 rings (SSSR count). The van der Waals surface area contributed by atoms with E-state index in [0.29, 0.717) is 19.8 Å². The van der Waals surface area contributed by atoms with Gasteiger partial charge in [-0.2, -0.15) is 10.1 Å². The van der Waals surface area contributed by atoms with Crippen molar-refractivity contribution in [2.75, 3.05) is 23.5 Å². The summed E-state index contributed by atoms with van der Waals surface area (Å²) in [4.78, 5) is 18.5. The highest BCUT2D eigenvalue weighted by molar-refractivity contribution is 5.92. The Labute approximate surface area is 132 Å². The van der Waals surface area contributed by atoms with E-state index in [-0.39, 0.29) is 12.1 Å². The van der Waals surface area contributed by atoms with Crippen LogP contribution in [0.4, 0.5) is 16.3 Å². The van der Waals surface area contributed by atoms with Gasteiger partial charge in [-0.3, -0.25) is 4.99 Å². The summed E-state index contributed by atoms with van der Waals surface area (Å²) in [6, 6.07) is 9.18. The molecule has 1 aromatic heterocycles. The van der Waals surface area contributed by atoms with Crippen molar-refractivity contribution in [3.63, 3.8) is 0 Å². The molecular formula is C15H16N6O2. The Balaban J connectivity index is 1.70. The lowest BCUT2D eigenvalue weighted by molar-refractivity contribution is 0.000248. The van der Waals surface area contributed by atoms with Crippen LogP contribution in [0.2, 0.25) is 0 Å². The van der Waals surface area contributed by atoms with Crippen LogP contribution in [-0.2, 0) is 11.3 Å². The van der Waals surface area contributed by atoms with E-state index < -0.39 is 0 Å². The minimum atomic E-state index is -0.250. The highest BCUT2D eigenvalue weighted by Gasteiger charge is 2.28. The molecule has 3 heterocycles. The summed E-state index contributed by atoms with van der Waals surface area (Å²) in [5, 5.41) is 11.9. The first kappa shape index (κ1) is 13.8. The normalized spacial score (nSPS) is 16.2. The Morgan fingerprint density at radius 3 is 2.91 bits per heavy atom. The molecule has 1 saturated heterocycles. The summed E-state index contributed by atoms with van der Waals surface area (Å²) in [6.07, 6.45) is 3.33. The zero-order valence-corrected chi connectivity index (χ0v) is 12.3. The summed E-state index contributed by atoms with van der Waals surface area (Å²) in [6.45, 7) is 1.62. The summed E-state index contributed by atoms with van der Waals surface area (Å²) in [5.74, 6) is 0.740. The van der Waals surface area contributed by atoms with Crippen molar-refractivity contribution < 1.29 is 9.53 Å². The number of rotatable bonds is 3. The van der Waals surface area contributed by atoms with Gasteiger partial charge in [-0.25, -0.2) is 4.79 Å². The van der Waals surface area contributed by atoms with Gasteiger partial charge in [0.2, 0.25) is 0 Å². The molecule has 0 spiro atoms. The molecule has 0 atom stereocenters. The number of nitrogens with zero attached hydrogens (tertiary/aromatic N) is 4. The lowest BCUT2D eigenvalue weighted by Crippen LogP contribution is -2.54. The molecule has 8 nitrogen and oxygen atoms in total. The highest BCUT2D eigenvalue weighted by atomic mass is 16.5. The Morgan fingerprint density at radius 2 is 2.17 bits per heavy atom. The molecule has 0 aliphatic carbocycles. The van der Waals surface area contributed by atoms with Gasteiger partial charge < -0.3 is 15.4 Å². The number of urea groups is 1. The number of aliphatic imine (C=N–C) groups is 1. The molecule has 2 N–H and O–H groups in total. The fraction of sp³-hybridized carbons (Fsp3) is 0.267. The second-order valence-electron chi connectivity index (χ2n) is 5.35. The minimum absolute atomic E-state index is 0.0367. The molecule has 2 aromatic rings. The van der Waals surface area contributed by atoms with Crippen molar-refractivity contribution in [3.05, 3.63) is 42.1 Å². The first-order valence-corrected chi connectivity index (χ1v) is 7.38. The molecule has 0 radical (unpaired) electrons. The van der Waals surface area contributed by atoms with Crippen LogP contribution in [-0.4, -0.2) is 41.5 Å². The fourth-order valence-corrected chi connectivity index (χ4v) is 2.48. The Bertz CT molecular complexity index is 738. The first-order chi connectivity index (χ1) is 11.3. The van der Waals surface area contributed by atoms with Crippen molar-refractivity contribution in [3.8, 4) is 0 Å². The number of ether oxygens (including phenoxy) is 1. The van der Waals surface area contributed by atoms with E-state index in [1.165, 1.54) is 5.01 Å². The summed E-state index contributed by atoms with van der Waals surface area (Å²) < 4.78 is 5.12. The third-order valence-corrected chi connectivity index (χ3v) is 3.73. The lowest BCUT2D eigenvalue weighted by atomic mass is 10.2. The van der Waals surface area contributed by atoms with Crippen LogP contribution >= 0.6 is 0 Å². The van der Waals surface area contributed by atoms with Crippen LogP contribution in [0.3, 0.4) is 0 Å². The quantitative estimate of drug-likeness (QED) is 0.892. The van der Waals surface area contributed by atoms with Gasteiger partial charge in [0.1, 0.15) is 0 Å². The number of amides is 2. The summed E-state index contributed by atoms with van der Waals surface area (Å²) in [7, 11) is 0. The Morgan fingerprint density at radius 1 is 1.35 bits per heavy atom. The molecular weight excluding hydrogens is 296 g/mol. The molecule has 0 bridgehead atoms. The zero-order chi connectivity index (χ0) is 15.6. The summed E-state index contributed by atoms with van der Waals surface area (Å²) in [5.41, 5.74) is 1.66. The monoisotopic (exact) mass is 312 g/mol. The van der Waals surface area contributed by atoms with E-state index in [1.54, 1.807) is 17.3 Å². The van der Waals surface area contributed by atoms with Crippen molar-refractivity contribution >= 4 is 23.9 Å². The third-order valence-electron chi connectivity index (χ3n) is 3.73. The van der Waals surface area contributed by atoms with Crippen LogP contribution in [0.5, 0.6) is 0 Å². The average molecular weight is 312 g/mol. The number of fused-ring (bicyclic) bond motifs is 1. The van der Waals surface area contributed by atoms with Crippen LogP contribution in [0.1, 0.15) is 5.56 Å². The lowest BCUT2D eigenvalue weighted by Gasteiger charge is -2.31. The highest BCUT2D eigenvalue weighted by Crippen LogP contribution is 2.23. The van der Waals surface area contributed by atoms with Crippen molar-refractivity contribution in [1.29, 1.82) is 0 Å². The third kappa shape index (κ3) is 2.53. The number of hydrogen-bond acceptors (Lipinski definition) is 5. The first-order valence-electron chi connectivity index (χ1n) is 7.38. The Kier molecular flexibility index (Phi) is 3.43. The molecule has 2 aliphatic rings. The van der Waals surface area contributed by atoms with Gasteiger partial charge in [0.05, 0.1) is 44.0 Å². The Hall–Kier alpha value is -2.87. The summed E-state index contributed by atoms with van der Waals surface area (Å²) >= 11 is 0. The maximum absolute atomic E-state index is 12.8. The van der Waals surface area contributed by atoms with Crippen LogP contribution in [0.15, 0.2) is 41.5 Å². The number of carbonyl (C=O) groups excluding carboxylic acids is 1. The average Bonchev–Trinajstić information content (AvgIpc) is 2.96. The van der Waals surface area contributed by atoms with Crippen LogP contribution < -0.4 is 15.6 Å². The molecule has 1 fully saturated rings. The fourth-order valence-electron chi connectivity index (χ4n) is 2.48. The van der Waals surface area contributed by atoms with Gasteiger partial charge in [-0.1, -0.05) is 18.2 Å². The second kappa shape index (κ2) is 5.73. The number of carbonyl (C=O) groups is 1. The molecule has 0 saturated carbocycles. The molecule has 2 amide bonds. The number of nitrogens with one attached hydrogen (secondary N) is 2. The van der Waals surface area contributed by atoms with Crippen LogP contribution in [0.25, 0.3) is 0 Å². The van der Waals surface area contributed by atoms with Gasteiger partial charge >= 0.3 is 6.03 Å². The number of aromatic nitrogens is 2. The van der Waals surface area contributed by atoms with E-state index in [9.17, 15) is 4.79 Å². The van der Waals surface area contributed by atoms with Gasteiger partial charge in [-0.05, 0) is 12.1 Å². The molecule has 8 heteroatoms. The van der Waals surface area contributed by atoms with E-state index in [4.69, 9.17) is 4.74 Å². The number of benzene rings is 1. The molecule has 1 aromatic carbocycles.